The number of rotatable bonds is 9. The van der Waals surface area contributed by atoms with E-state index in [1.54, 1.807) is 6.07 Å². The van der Waals surface area contributed by atoms with Crippen LogP contribution < -0.4 is 14.8 Å². The van der Waals surface area contributed by atoms with Gasteiger partial charge in [0, 0.05) is 12.0 Å². The maximum atomic E-state index is 13.2. The average molecular weight is 599 g/mol. The van der Waals surface area contributed by atoms with Crippen molar-refractivity contribution in [2.45, 2.75) is 130 Å². The minimum absolute atomic E-state index is 0.0299. The second-order valence-corrected chi connectivity index (χ2v) is 24.8. The van der Waals surface area contributed by atoms with Gasteiger partial charge < -0.3 is 18.0 Å². The molecule has 0 saturated heterocycles. The van der Waals surface area contributed by atoms with E-state index in [0.717, 1.165) is 40.7 Å². The Hall–Kier alpha value is -2.10. The quantitative estimate of drug-likeness (QED) is 0.163. The maximum absolute atomic E-state index is 13.2. The van der Waals surface area contributed by atoms with Crippen LogP contribution >= 0.6 is 0 Å². The summed E-state index contributed by atoms with van der Waals surface area (Å²) in [6.07, 6.45) is 7.34. The normalized spacial score (nSPS) is 17.1. The molecule has 3 rings (SSSR count). The molecular formula is C34H54O5Si2. The van der Waals surface area contributed by atoms with Gasteiger partial charge in [-0.15, -0.1) is 6.58 Å². The van der Waals surface area contributed by atoms with Crippen LogP contribution in [0.2, 0.25) is 36.3 Å². The van der Waals surface area contributed by atoms with Gasteiger partial charge in [-0.2, -0.15) is 0 Å². The van der Waals surface area contributed by atoms with Crippen molar-refractivity contribution in [1.82, 2.24) is 0 Å². The first-order valence-electron chi connectivity index (χ1n) is 15.1. The molecule has 41 heavy (non-hydrogen) atoms. The van der Waals surface area contributed by atoms with Gasteiger partial charge in [-0.05, 0) is 74.2 Å². The topological polar surface area (TPSA) is 57.9 Å². The first kappa shape index (κ1) is 33.4. The highest BCUT2D eigenvalue weighted by atomic mass is 28.4. The molecule has 2 aromatic rings. The van der Waals surface area contributed by atoms with Crippen LogP contribution in [0, 0.1) is 5.92 Å². The summed E-state index contributed by atoms with van der Waals surface area (Å²) in [7, 11) is -4.66. The number of benzene rings is 1. The van der Waals surface area contributed by atoms with Crippen LogP contribution in [0.5, 0.6) is 11.5 Å². The smallest absolute Gasteiger partial charge is 0.336 e. The third-order valence-corrected chi connectivity index (χ3v) is 18.1. The van der Waals surface area contributed by atoms with Crippen LogP contribution in [-0.2, 0) is 10.8 Å². The lowest BCUT2D eigenvalue weighted by Crippen LogP contribution is -2.45. The van der Waals surface area contributed by atoms with E-state index in [1.807, 2.05) is 19.9 Å². The molecule has 1 aliphatic rings. The molecule has 0 unspecified atom stereocenters. The molecule has 0 bridgehead atoms. The molecule has 0 saturated carbocycles. The summed E-state index contributed by atoms with van der Waals surface area (Å²) < 4.78 is 27.4. The lowest BCUT2D eigenvalue weighted by molar-refractivity contribution is 0.144. The van der Waals surface area contributed by atoms with E-state index < -0.39 is 28.3 Å². The number of hydrogen-bond acceptors (Lipinski definition) is 5. The molecule has 0 amide bonds. The Morgan fingerprint density at radius 3 is 2.15 bits per heavy atom. The molecule has 0 N–H and O–H groups in total. The molecule has 1 aromatic heterocycles. The first-order valence-corrected chi connectivity index (χ1v) is 20.9. The van der Waals surface area contributed by atoms with Crippen molar-refractivity contribution in [3.63, 3.8) is 0 Å². The van der Waals surface area contributed by atoms with E-state index in [2.05, 4.69) is 100 Å². The molecule has 0 aliphatic carbocycles. The molecule has 5 nitrogen and oxygen atoms in total. The first-order chi connectivity index (χ1) is 18.6. The van der Waals surface area contributed by atoms with Gasteiger partial charge in [0.25, 0.3) is 8.32 Å². The Bertz CT molecular complexity index is 1380. The van der Waals surface area contributed by atoms with E-state index in [9.17, 15) is 4.79 Å². The van der Waals surface area contributed by atoms with E-state index in [-0.39, 0.29) is 21.6 Å². The lowest BCUT2D eigenvalue weighted by Gasteiger charge is -2.43. The molecular weight excluding hydrogens is 545 g/mol. The number of hydrogen-bond donors (Lipinski definition) is 0. The van der Waals surface area contributed by atoms with E-state index in [4.69, 9.17) is 18.0 Å². The van der Waals surface area contributed by atoms with E-state index >= 15 is 0 Å². The van der Waals surface area contributed by atoms with Gasteiger partial charge in [-0.3, -0.25) is 0 Å². The fraction of sp³-hybridized carbons (Fsp3) is 0.618. The summed E-state index contributed by atoms with van der Waals surface area (Å²) in [6, 6.07) is 1.62. The van der Waals surface area contributed by atoms with Gasteiger partial charge in [0.1, 0.15) is 17.1 Å². The molecule has 1 aromatic carbocycles. The van der Waals surface area contributed by atoms with Crippen molar-refractivity contribution in [1.29, 1.82) is 0 Å². The van der Waals surface area contributed by atoms with Crippen LogP contribution in [0.25, 0.3) is 17.0 Å². The fourth-order valence-corrected chi connectivity index (χ4v) is 6.95. The van der Waals surface area contributed by atoms with Crippen LogP contribution in [0.1, 0.15) is 98.5 Å². The summed E-state index contributed by atoms with van der Waals surface area (Å²) in [5, 5.41) is 0.754. The van der Waals surface area contributed by atoms with E-state index in [0.29, 0.717) is 11.3 Å². The zero-order valence-electron chi connectivity index (χ0n) is 28.1. The monoisotopic (exact) mass is 598 g/mol. The van der Waals surface area contributed by atoms with Gasteiger partial charge in [-0.1, -0.05) is 67.9 Å². The predicted octanol–water partition coefficient (Wildman–Crippen LogP) is 10.2. The summed E-state index contributed by atoms with van der Waals surface area (Å²) >= 11 is 0. The molecule has 228 valence electrons. The molecule has 2 atom stereocenters. The third-order valence-electron chi connectivity index (χ3n) is 9.31. The van der Waals surface area contributed by atoms with Gasteiger partial charge in [0.2, 0.25) is 0 Å². The molecule has 0 radical (unpaired) electrons. The Labute approximate surface area is 250 Å². The number of aryl methyl sites for hydroxylation is 1. The van der Waals surface area contributed by atoms with Crippen molar-refractivity contribution in [3.05, 3.63) is 51.9 Å². The number of ether oxygens (including phenoxy) is 1. The zero-order chi connectivity index (χ0) is 31.3. The Balaban J connectivity index is 2.62. The van der Waals surface area contributed by atoms with Gasteiger partial charge in [0.05, 0.1) is 22.6 Å². The SMILES string of the molecule is C=C[C@@H](C)[C@@H](O[Si](C)(C)C(C)(C)C)c1c(O[Si](C)(C)C(C)(C)C)c2c(c3c(CCC)cc(=O)oc13)OC(C)(C)C=C2. The second kappa shape index (κ2) is 11.2. The predicted molar refractivity (Wildman–Crippen MR) is 178 cm³/mol. The van der Waals surface area contributed by atoms with E-state index in [1.165, 1.54) is 0 Å². The van der Waals surface area contributed by atoms with Crippen molar-refractivity contribution in [3.8, 4) is 11.5 Å². The lowest BCUT2D eigenvalue weighted by atomic mass is 9.89. The number of fused-ring (bicyclic) bond motifs is 3. The summed E-state index contributed by atoms with van der Waals surface area (Å²) in [5.41, 5.74) is 2.23. The van der Waals surface area contributed by atoms with Crippen LogP contribution in [-0.4, -0.2) is 22.2 Å². The van der Waals surface area contributed by atoms with Gasteiger partial charge in [0.15, 0.2) is 13.9 Å². The standard InChI is InChI=1S/C34H54O5Si2/c1-16-18-23-21-25(35)36-31-26(23)29-24(19-20-34(10,11)37-29)30(39-41(14,15)33(7,8)9)27(31)28(22(3)17-2)38-40(12,13)32(4,5)6/h17,19-22,28H,2,16,18H2,1,3-15H3/t22-,28-/m1/s1. The summed E-state index contributed by atoms with van der Waals surface area (Å²) in [6.45, 7) is 34.9. The second-order valence-electron chi connectivity index (χ2n) is 15.3. The van der Waals surface area contributed by atoms with Gasteiger partial charge >= 0.3 is 5.63 Å². The minimum atomic E-state index is -2.37. The molecule has 2 heterocycles. The average Bonchev–Trinajstić information content (AvgIpc) is 2.80. The van der Waals surface area contributed by atoms with Crippen LogP contribution in [0.3, 0.4) is 0 Å². The Morgan fingerprint density at radius 1 is 1.05 bits per heavy atom. The minimum Gasteiger partial charge on any atom is -0.543 e. The Morgan fingerprint density at radius 2 is 1.63 bits per heavy atom. The molecule has 7 heteroatoms. The fourth-order valence-electron chi connectivity index (χ4n) is 4.59. The highest BCUT2D eigenvalue weighted by Gasteiger charge is 2.45. The third kappa shape index (κ3) is 6.62. The Kier molecular flexibility index (Phi) is 9.12. The molecule has 1 aliphatic heterocycles. The highest BCUT2D eigenvalue weighted by Crippen LogP contribution is 2.53. The van der Waals surface area contributed by atoms with Crippen LogP contribution in [0.15, 0.2) is 34.0 Å². The van der Waals surface area contributed by atoms with Crippen molar-refractivity contribution in [2.24, 2.45) is 5.92 Å². The zero-order valence-corrected chi connectivity index (χ0v) is 30.1. The molecule has 0 fully saturated rings. The van der Waals surface area contributed by atoms with Crippen molar-refractivity contribution < 1.29 is 18.0 Å². The largest absolute Gasteiger partial charge is 0.543 e. The van der Waals surface area contributed by atoms with Crippen molar-refractivity contribution in [2.75, 3.05) is 0 Å². The summed E-state index contributed by atoms with van der Waals surface area (Å²) in [5.74, 6) is 1.35. The maximum Gasteiger partial charge on any atom is 0.336 e. The van der Waals surface area contributed by atoms with Gasteiger partial charge in [-0.25, -0.2) is 4.79 Å². The summed E-state index contributed by atoms with van der Waals surface area (Å²) in [4.78, 5) is 13.2. The highest BCUT2D eigenvalue weighted by molar-refractivity contribution is 6.75. The van der Waals surface area contributed by atoms with Crippen LogP contribution in [0.4, 0.5) is 0 Å². The molecule has 0 spiro atoms. The van der Waals surface area contributed by atoms with Crippen molar-refractivity contribution >= 4 is 33.7 Å².